The fourth-order valence-corrected chi connectivity index (χ4v) is 4.62. The number of carbonyl (C=O) groups is 1. The van der Waals surface area contributed by atoms with E-state index in [1.54, 1.807) is 0 Å². The van der Waals surface area contributed by atoms with E-state index < -0.39 is 0 Å². The fraction of sp³-hybridized carbons (Fsp3) is 0.364. The number of primary amides is 1. The quantitative estimate of drug-likeness (QED) is 0.433. The van der Waals surface area contributed by atoms with Gasteiger partial charge in [-0.2, -0.15) is 4.98 Å². The molecule has 1 saturated carbocycles. The smallest absolute Gasteiger partial charge is 0.223 e. The van der Waals surface area contributed by atoms with Crippen LogP contribution >= 0.6 is 0 Å². The summed E-state index contributed by atoms with van der Waals surface area (Å²) in [6.07, 6.45) is 6.76. The summed E-state index contributed by atoms with van der Waals surface area (Å²) in [6, 6.07) is 7.57. The molecule has 9 heteroatoms. The van der Waals surface area contributed by atoms with Gasteiger partial charge in [0.05, 0.1) is 12.0 Å². The number of amides is 1. The van der Waals surface area contributed by atoms with Crippen LogP contribution in [0.4, 0.5) is 17.5 Å². The number of allylic oxidation sites excluding steroid dienone is 1. The Morgan fingerprint density at radius 1 is 1.26 bits per heavy atom. The highest BCUT2D eigenvalue weighted by atomic mass is 16.5. The van der Waals surface area contributed by atoms with Gasteiger partial charge in [-0.3, -0.25) is 4.79 Å². The van der Waals surface area contributed by atoms with Gasteiger partial charge in [0.2, 0.25) is 11.9 Å². The molecular formula is C22H25N7O2. The van der Waals surface area contributed by atoms with E-state index in [9.17, 15) is 4.79 Å². The maximum absolute atomic E-state index is 12.1. The zero-order chi connectivity index (χ0) is 21.5. The molecule has 1 fully saturated rings. The lowest BCUT2D eigenvalue weighted by atomic mass is 9.88. The van der Waals surface area contributed by atoms with E-state index in [-0.39, 0.29) is 35.8 Å². The lowest BCUT2D eigenvalue weighted by molar-refractivity contribution is -0.122. The van der Waals surface area contributed by atoms with E-state index >= 15 is 0 Å². The van der Waals surface area contributed by atoms with Gasteiger partial charge in [0.25, 0.3) is 0 Å². The summed E-state index contributed by atoms with van der Waals surface area (Å²) in [5.74, 6) is 2.35. The molecular weight excluding hydrogens is 394 g/mol. The lowest BCUT2D eigenvalue weighted by Gasteiger charge is -2.28. The molecule has 4 aliphatic rings. The number of fused-ring (bicyclic) bond motifs is 3. The third-order valence-electron chi connectivity index (χ3n) is 5.84. The molecule has 4 atom stereocenters. The Labute approximate surface area is 179 Å². The molecule has 0 radical (unpaired) electrons. The van der Waals surface area contributed by atoms with Crippen LogP contribution in [-0.4, -0.2) is 38.0 Å². The monoisotopic (exact) mass is 419 g/mol. The predicted octanol–water partition coefficient (Wildman–Crippen LogP) is 2.92. The number of hydrogen-bond acceptors (Lipinski definition) is 7. The fourth-order valence-electron chi connectivity index (χ4n) is 4.62. The molecule has 1 aromatic rings. The highest BCUT2D eigenvalue weighted by molar-refractivity contribution is 5.80. The van der Waals surface area contributed by atoms with E-state index in [0.717, 1.165) is 17.9 Å². The van der Waals surface area contributed by atoms with Crippen molar-refractivity contribution in [1.29, 1.82) is 0 Å². The number of aromatic amines is 1. The number of benzene rings is 1. The van der Waals surface area contributed by atoms with E-state index in [2.05, 4.69) is 42.7 Å². The number of aromatic nitrogens is 4. The summed E-state index contributed by atoms with van der Waals surface area (Å²) in [6.45, 7) is 3.97. The SMILES string of the molecule is CC(C)Oc1cccc(Nc2nc3ncnc-3c(NC3C4C=CC(C4)C3C(N)=O)[nH]2)c1. The Bertz CT molecular complexity index is 1110. The van der Waals surface area contributed by atoms with Crippen LogP contribution in [0.25, 0.3) is 11.5 Å². The first-order valence-electron chi connectivity index (χ1n) is 10.5. The number of anilines is 3. The molecule has 1 aromatic carbocycles. The van der Waals surface area contributed by atoms with Crippen LogP contribution < -0.4 is 21.1 Å². The van der Waals surface area contributed by atoms with Crippen molar-refractivity contribution in [3.8, 4) is 17.3 Å². The van der Waals surface area contributed by atoms with Crippen LogP contribution in [0, 0.1) is 17.8 Å². The molecule has 9 nitrogen and oxygen atoms in total. The zero-order valence-corrected chi connectivity index (χ0v) is 17.4. The first-order valence-corrected chi connectivity index (χ1v) is 10.5. The molecule has 0 aromatic heterocycles. The van der Waals surface area contributed by atoms with E-state index in [1.807, 2.05) is 38.1 Å². The third-order valence-corrected chi connectivity index (χ3v) is 5.84. The first-order chi connectivity index (χ1) is 15.0. The van der Waals surface area contributed by atoms with Gasteiger partial charge in [-0.15, -0.1) is 0 Å². The Morgan fingerprint density at radius 3 is 2.90 bits per heavy atom. The van der Waals surface area contributed by atoms with Crippen molar-refractivity contribution in [3.63, 3.8) is 0 Å². The number of rotatable bonds is 7. The van der Waals surface area contributed by atoms with Gasteiger partial charge < -0.3 is 26.1 Å². The Morgan fingerprint density at radius 2 is 2.10 bits per heavy atom. The topological polar surface area (TPSA) is 131 Å². The first kappa shape index (κ1) is 19.3. The van der Waals surface area contributed by atoms with Gasteiger partial charge in [0.1, 0.15) is 23.6 Å². The number of ether oxygens (including phenoxy) is 1. The third kappa shape index (κ3) is 3.67. The summed E-state index contributed by atoms with van der Waals surface area (Å²) >= 11 is 0. The number of H-pyrrole nitrogens is 1. The van der Waals surface area contributed by atoms with Crippen LogP contribution in [-0.2, 0) is 4.79 Å². The maximum atomic E-state index is 12.1. The molecule has 5 N–H and O–H groups in total. The average Bonchev–Trinajstić information content (AvgIpc) is 3.43. The Balaban J connectivity index is 1.44. The summed E-state index contributed by atoms with van der Waals surface area (Å²) in [5, 5.41) is 6.75. The van der Waals surface area contributed by atoms with Crippen molar-refractivity contribution in [2.75, 3.05) is 10.6 Å². The second-order valence-corrected chi connectivity index (χ2v) is 8.37. The van der Waals surface area contributed by atoms with E-state index in [4.69, 9.17) is 10.5 Å². The van der Waals surface area contributed by atoms with Crippen molar-refractivity contribution < 1.29 is 9.53 Å². The molecule has 0 saturated heterocycles. The summed E-state index contributed by atoms with van der Waals surface area (Å²) in [5.41, 5.74) is 7.16. The number of nitrogens with two attached hydrogens (primary N) is 1. The van der Waals surface area contributed by atoms with Gasteiger partial charge in [-0.05, 0) is 44.2 Å². The number of carbonyl (C=O) groups excluding carboxylic acids is 1. The minimum absolute atomic E-state index is 0.0840. The molecule has 31 heavy (non-hydrogen) atoms. The van der Waals surface area contributed by atoms with Crippen LogP contribution in [0.2, 0.25) is 0 Å². The van der Waals surface area contributed by atoms with E-state index in [0.29, 0.717) is 23.3 Å². The number of hydrogen-bond donors (Lipinski definition) is 4. The highest BCUT2D eigenvalue weighted by Crippen LogP contribution is 2.45. The van der Waals surface area contributed by atoms with E-state index in [1.165, 1.54) is 6.33 Å². The second-order valence-electron chi connectivity index (χ2n) is 8.37. The molecule has 4 unspecified atom stereocenters. The molecule has 2 bridgehead atoms. The Hall–Kier alpha value is -3.62. The van der Waals surface area contributed by atoms with Crippen molar-refractivity contribution in [1.82, 2.24) is 19.9 Å². The average molecular weight is 419 g/mol. The van der Waals surface area contributed by atoms with Crippen molar-refractivity contribution in [3.05, 3.63) is 42.7 Å². The van der Waals surface area contributed by atoms with Crippen LogP contribution in [0.1, 0.15) is 20.3 Å². The van der Waals surface area contributed by atoms with Gasteiger partial charge in [-0.25, -0.2) is 9.97 Å². The van der Waals surface area contributed by atoms with Crippen LogP contribution in [0.15, 0.2) is 42.7 Å². The van der Waals surface area contributed by atoms with Crippen molar-refractivity contribution in [2.24, 2.45) is 23.5 Å². The largest absolute Gasteiger partial charge is 0.491 e. The lowest BCUT2D eigenvalue weighted by Crippen LogP contribution is -2.41. The summed E-state index contributed by atoms with van der Waals surface area (Å²) < 4.78 is 5.77. The van der Waals surface area contributed by atoms with Gasteiger partial charge >= 0.3 is 0 Å². The molecule has 1 amide bonds. The van der Waals surface area contributed by atoms with Crippen molar-refractivity contribution in [2.45, 2.75) is 32.4 Å². The number of imidazole rings is 1. The molecule has 0 spiro atoms. The molecule has 2 heterocycles. The van der Waals surface area contributed by atoms with Gasteiger partial charge in [0.15, 0.2) is 5.82 Å². The second kappa shape index (κ2) is 7.57. The standard InChI is InChI=1S/C22H25N7O2/c1-11(2)31-15-5-3-4-14(9-15)26-22-28-20-18(24-10-25-20)21(29-22)27-17-13-7-6-12(8-13)16(17)19(23)30/h3-7,9-13,16-17H,8H2,1-2H3,(H2,23,30)(H3,24,25,26,27,28,29). The zero-order valence-electron chi connectivity index (χ0n) is 17.4. The number of nitrogens with one attached hydrogen (secondary N) is 3. The normalized spacial score (nSPS) is 24.1. The maximum Gasteiger partial charge on any atom is 0.223 e. The van der Waals surface area contributed by atoms with Crippen molar-refractivity contribution >= 4 is 23.4 Å². The number of nitrogens with zero attached hydrogens (tertiary/aromatic N) is 3. The Kier molecular flexibility index (Phi) is 4.72. The molecule has 5 rings (SSSR count). The van der Waals surface area contributed by atoms with Gasteiger partial charge in [0, 0.05) is 17.8 Å². The molecule has 160 valence electrons. The highest BCUT2D eigenvalue weighted by Gasteiger charge is 2.47. The minimum atomic E-state index is -0.284. The summed E-state index contributed by atoms with van der Waals surface area (Å²) in [4.78, 5) is 28.5. The predicted molar refractivity (Wildman–Crippen MR) is 117 cm³/mol. The minimum Gasteiger partial charge on any atom is -0.491 e. The van der Waals surface area contributed by atoms with Crippen LogP contribution in [0.3, 0.4) is 0 Å². The van der Waals surface area contributed by atoms with Gasteiger partial charge in [-0.1, -0.05) is 18.2 Å². The van der Waals surface area contributed by atoms with Crippen LogP contribution in [0.5, 0.6) is 5.75 Å². The molecule has 2 aliphatic carbocycles. The molecule has 2 aliphatic heterocycles. The summed E-state index contributed by atoms with van der Waals surface area (Å²) in [7, 11) is 0.